The van der Waals surface area contributed by atoms with E-state index in [0.717, 1.165) is 25.3 Å². The van der Waals surface area contributed by atoms with Crippen molar-refractivity contribution in [3.63, 3.8) is 0 Å². The van der Waals surface area contributed by atoms with Crippen LogP contribution in [0.5, 0.6) is 0 Å². The van der Waals surface area contributed by atoms with E-state index in [4.69, 9.17) is 19.6 Å². The summed E-state index contributed by atoms with van der Waals surface area (Å²) in [5.41, 5.74) is -2.03. The van der Waals surface area contributed by atoms with E-state index < -0.39 is 60.7 Å². The summed E-state index contributed by atoms with van der Waals surface area (Å²) in [6.45, 7) is 0.312. The summed E-state index contributed by atoms with van der Waals surface area (Å²) in [6, 6.07) is 0. The number of rotatable bonds is 4. The molecule has 0 aliphatic carbocycles. The van der Waals surface area contributed by atoms with Gasteiger partial charge in [0.1, 0.15) is 12.4 Å². The molecule has 15 heteroatoms. The second kappa shape index (κ2) is 7.49. The van der Waals surface area contributed by atoms with Crippen molar-refractivity contribution >= 4 is 46.8 Å². The molecule has 0 aromatic carbocycles. The minimum Gasteiger partial charge on any atom is -0.438 e. The lowest BCUT2D eigenvalue weighted by Crippen LogP contribution is -2.66. The maximum Gasteiger partial charge on any atom is 0.510 e. The molecule has 1 saturated heterocycles. The Kier molecular flexibility index (Phi) is 5.52. The number of nitrogens with zero attached hydrogens (tertiary/aromatic N) is 4. The zero-order valence-electron chi connectivity index (χ0n) is 15.1. The Morgan fingerprint density at radius 3 is 2.69 bits per heavy atom. The van der Waals surface area contributed by atoms with Crippen LogP contribution in [-0.2, 0) is 23.7 Å². The topological polar surface area (TPSA) is 187 Å². The van der Waals surface area contributed by atoms with E-state index in [1.165, 1.54) is 10.3 Å². The molecule has 0 aromatic rings. The minimum atomic E-state index is -2.61. The third-order valence-corrected chi connectivity index (χ3v) is 5.05. The molecule has 0 saturated carbocycles. The first kappa shape index (κ1) is 21.4. The Hall–Kier alpha value is -2.33. The van der Waals surface area contributed by atoms with Crippen LogP contribution in [-0.4, -0.2) is 105 Å². The SMILES string of the molecule is COC(=O)OC12N=CN([C@@H]3O[C@H](CO)[C@@H](O)[C@]3(O)OC(C)=O)C1N(Br)C=NC2=N. The number of esters is 1. The second-order valence-electron chi connectivity index (χ2n) is 6.26. The van der Waals surface area contributed by atoms with Crippen molar-refractivity contribution in [1.29, 1.82) is 5.41 Å². The van der Waals surface area contributed by atoms with Crippen molar-refractivity contribution in [2.45, 2.75) is 43.0 Å². The summed E-state index contributed by atoms with van der Waals surface area (Å²) < 4.78 is 21.3. The highest BCUT2D eigenvalue weighted by Gasteiger charge is 2.67. The van der Waals surface area contributed by atoms with E-state index >= 15 is 0 Å². The van der Waals surface area contributed by atoms with Gasteiger partial charge in [-0.15, -0.1) is 0 Å². The highest BCUT2D eigenvalue weighted by Crippen LogP contribution is 2.42. The van der Waals surface area contributed by atoms with Crippen LogP contribution < -0.4 is 0 Å². The molecule has 2 unspecified atom stereocenters. The monoisotopic (exact) mass is 479 g/mol. The standard InChI is InChI=1S/C14H18BrN5O9/c1-6(22)28-14(25)8(23)7(3-21)27-11(14)19-5-18-13(29-12(24)26-2)9(16)17-4-20(15)10(13)19/h4-5,7-8,10-11,16,21,23,25H,3H2,1-2H3/t7-,8-,10?,11-,13?,14+/m1/s1. The molecule has 4 N–H and O–H groups in total. The number of nitrogens with one attached hydrogen (secondary N) is 1. The highest BCUT2D eigenvalue weighted by atomic mass is 79.9. The van der Waals surface area contributed by atoms with Crippen LogP contribution in [0.1, 0.15) is 6.92 Å². The van der Waals surface area contributed by atoms with Crippen LogP contribution in [0.25, 0.3) is 0 Å². The van der Waals surface area contributed by atoms with Gasteiger partial charge in [0, 0.05) is 6.92 Å². The summed E-state index contributed by atoms with van der Waals surface area (Å²) in [6.07, 6.45) is -4.85. The number of hydrogen-bond acceptors (Lipinski definition) is 13. The predicted octanol–water partition coefficient (Wildman–Crippen LogP) is -1.90. The molecule has 0 bridgehead atoms. The van der Waals surface area contributed by atoms with Gasteiger partial charge in [-0.2, -0.15) is 0 Å². The quantitative estimate of drug-likeness (QED) is 0.200. The largest absolute Gasteiger partial charge is 0.510 e. The fraction of sp³-hybridized carbons (Fsp3) is 0.643. The lowest BCUT2D eigenvalue weighted by molar-refractivity contribution is -0.272. The number of aliphatic hydroxyl groups excluding tert-OH is 2. The first-order valence-corrected chi connectivity index (χ1v) is 8.85. The molecule has 1 fully saturated rings. The predicted molar refractivity (Wildman–Crippen MR) is 95.8 cm³/mol. The van der Waals surface area contributed by atoms with Crippen LogP contribution in [0.2, 0.25) is 0 Å². The molecule has 0 spiro atoms. The number of fused-ring (bicyclic) bond motifs is 1. The van der Waals surface area contributed by atoms with Crippen molar-refractivity contribution in [2.24, 2.45) is 9.98 Å². The number of hydrogen-bond donors (Lipinski definition) is 4. The van der Waals surface area contributed by atoms with Gasteiger partial charge in [-0.1, -0.05) is 0 Å². The summed E-state index contributed by atoms with van der Waals surface area (Å²) in [5.74, 6) is -4.02. The van der Waals surface area contributed by atoms with Gasteiger partial charge in [-0.25, -0.2) is 14.8 Å². The fourth-order valence-electron chi connectivity index (χ4n) is 3.23. The molecule has 14 nitrogen and oxygen atoms in total. The van der Waals surface area contributed by atoms with Gasteiger partial charge in [0.2, 0.25) is 6.23 Å². The molecule has 3 heterocycles. The Labute approximate surface area is 172 Å². The third kappa shape index (κ3) is 3.24. The lowest BCUT2D eigenvalue weighted by Gasteiger charge is -2.44. The van der Waals surface area contributed by atoms with Gasteiger partial charge in [0.05, 0.1) is 36.2 Å². The number of halogens is 1. The lowest BCUT2D eigenvalue weighted by atomic mass is 10.0. The maximum absolute atomic E-state index is 11.8. The Morgan fingerprint density at radius 1 is 1.41 bits per heavy atom. The summed E-state index contributed by atoms with van der Waals surface area (Å²) in [4.78, 5) is 32.3. The van der Waals surface area contributed by atoms with Gasteiger partial charge < -0.3 is 39.2 Å². The first-order chi connectivity index (χ1) is 13.6. The Balaban J connectivity index is 2.03. The molecule has 3 rings (SSSR count). The summed E-state index contributed by atoms with van der Waals surface area (Å²) >= 11 is 3.17. The summed E-state index contributed by atoms with van der Waals surface area (Å²) in [7, 11) is 1.06. The van der Waals surface area contributed by atoms with Crippen molar-refractivity contribution < 1.29 is 43.9 Å². The third-order valence-electron chi connectivity index (χ3n) is 4.48. The van der Waals surface area contributed by atoms with Crippen molar-refractivity contribution in [3.8, 4) is 0 Å². The molecule has 3 aliphatic rings. The van der Waals surface area contributed by atoms with Crippen molar-refractivity contribution in [2.75, 3.05) is 13.7 Å². The zero-order valence-corrected chi connectivity index (χ0v) is 16.7. The summed E-state index contributed by atoms with van der Waals surface area (Å²) in [5, 5.41) is 38.8. The highest BCUT2D eigenvalue weighted by molar-refractivity contribution is 9.07. The molecule has 0 aromatic heterocycles. The zero-order chi connectivity index (χ0) is 21.6. The number of ether oxygens (including phenoxy) is 4. The number of amidine groups is 1. The Bertz CT molecular complexity index is 781. The van der Waals surface area contributed by atoms with E-state index in [0.29, 0.717) is 0 Å². The molecular weight excluding hydrogens is 462 g/mol. The number of carbonyl (C=O) groups is 2. The van der Waals surface area contributed by atoms with Gasteiger partial charge in [0.15, 0.2) is 18.1 Å². The molecule has 29 heavy (non-hydrogen) atoms. The molecule has 0 radical (unpaired) electrons. The van der Waals surface area contributed by atoms with E-state index in [9.17, 15) is 24.9 Å². The average molecular weight is 480 g/mol. The van der Waals surface area contributed by atoms with Crippen LogP contribution >= 0.6 is 16.1 Å². The fourth-order valence-corrected chi connectivity index (χ4v) is 3.81. The first-order valence-electron chi connectivity index (χ1n) is 8.14. The number of carbonyl (C=O) groups excluding carboxylic acids is 2. The van der Waals surface area contributed by atoms with Gasteiger partial charge in [0.25, 0.3) is 5.79 Å². The Morgan fingerprint density at radius 2 is 2.10 bits per heavy atom. The van der Waals surface area contributed by atoms with E-state index in [1.54, 1.807) is 0 Å². The van der Waals surface area contributed by atoms with E-state index in [-0.39, 0.29) is 0 Å². The van der Waals surface area contributed by atoms with Gasteiger partial charge in [-0.05, 0) is 0 Å². The normalized spacial score (nSPS) is 38.2. The number of methoxy groups -OCH3 is 1. The van der Waals surface area contributed by atoms with E-state index in [2.05, 4.69) is 30.9 Å². The van der Waals surface area contributed by atoms with Crippen LogP contribution in [0.4, 0.5) is 4.79 Å². The van der Waals surface area contributed by atoms with Crippen LogP contribution in [0, 0.1) is 5.41 Å². The maximum atomic E-state index is 11.8. The van der Waals surface area contributed by atoms with Gasteiger partial charge >= 0.3 is 17.8 Å². The molecule has 160 valence electrons. The smallest absolute Gasteiger partial charge is 0.438 e. The van der Waals surface area contributed by atoms with Crippen molar-refractivity contribution in [1.82, 2.24) is 8.83 Å². The number of aliphatic hydroxyl groups is 3. The molecule has 6 atom stereocenters. The van der Waals surface area contributed by atoms with Crippen molar-refractivity contribution in [3.05, 3.63) is 0 Å². The van der Waals surface area contributed by atoms with Crippen LogP contribution in [0.3, 0.4) is 0 Å². The molecular formula is C14H18BrN5O9. The minimum absolute atomic E-state index is 0.476. The van der Waals surface area contributed by atoms with Gasteiger partial charge in [-0.3, -0.25) is 14.1 Å². The second-order valence-corrected chi connectivity index (χ2v) is 7.07. The molecule has 3 aliphatic heterocycles. The number of aliphatic imine (C=N–C) groups is 2. The molecule has 0 amide bonds. The van der Waals surface area contributed by atoms with E-state index in [1.807, 2.05) is 0 Å². The average Bonchev–Trinajstić information content (AvgIpc) is 3.15. The van der Waals surface area contributed by atoms with Crippen LogP contribution in [0.15, 0.2) is 9.98 Å².